The average molecular weight is 428 g/mol. The first kappa shape index (κ1) is 21.8. The molecule has 0 saturated carbocycles. The molecule has 164 valence electrons. The molecule has 0 radical (unpaired) electrons. The molecule has 0 bridgehead atoms. The van der Waals surface area contributed by atoms with Crippen molar-refractivity contribution in [1.29, 1.82) is 0 Å². The molecule has 2 amide bonds. The number of hydrogen-bond acceptors (Lipinski definition) is 3. The van der Waals surface area contributed by atoms with Crippen molar-refractivity contribution in [3.63, 3.8) is 0 Å². The third-order valence-electron chi connectivity index (χ3n) is 6.09. The van der Waals surface area contributed by atoms with E-state index in [1.54, 1.807) is 30.3 Å². The number of fused-ring (bicyclic) bond motifs is 1. The lowest BCUT2D eigenvalue weighted by Gasteiger charge is -2.27. The number of para-hydroxylation sites is 1. The van der Waals surface area contributed by atoms with Crippen molar-refractivity contribution < 1.29 is 9.59 Å². The van der Waals surface area contributed by atoms with Crippen LogP contribution < -0.4 is 10.2 Å². The van der Waals surface area contributed by atoms with Crippen LogP contribution in [0.1, 0.15) is 50.7 Å². The molecular weight excluding hydrogens is 398 g/mol. The number of rotatable bonds is 4. The highest BCUT2D eigenvalue weighted by atomic mass is 16.2. The lowest BCUT2D eigenvalue weighted by Crippen LogP contribution is -2.31. The Morgan fingerprint density at radius 2 is 1.62 bits per heavy atom. The van der Waals surface area contributed by atoms with Gasteiger partial charge in [0, 0.05) is 35.1 Å². The van der Waals surface area contributed by atoms with Gasteiger partial charge in [-0.3, -0.25) is 9.59 Å². The molecule has 32 heavy (non-hydrogen) atoms. The molecule has 0 aliphatic carbocycles. The van der Waals surface area contributed by atoms with E-state index in [1.807, 2.05) is 48.2 Å². The molecule has 1 heterocycles. The zero-order valence-electron chi connectivity index (χ0n) is 18.8. The maximum absolute atomic E-state index is 13.4. The molecule has 1 aliphatic rings. The zero-order valence-corrected chi connectivity index (χ0v) is 18.8. The molecule has 0 saturated heterocycles. The number of carbonyl (C=O) groups is 2. The molecule has 0 spiro atoms. The predicted octanol–water partition coefficient (Wildman–Crippen LogP) is 5.29. The van der Waals surface area contributed by atoms with Gasteiger partial charge in [-0.25, -0.2) is 0 Å². The first-order valence-corrected chi connectivity index (χ1v) is 11.0. The van der Waals surface area contributed by atoms with Gasteiger partial charge < -0.3 is 15.1 Å². The Kier molecular flexibility index (Phi) is 6.37. The van der Waals surface area contributed by atoms with Crippen molar-refractivity contribution in [2.24, 2.45) is 0 Å². The van der Waals surface area contributed by atoms with Gasteiger partial charge in [-0.05, 0) is 81.4 Å². The van der Waals surface area contributed by atoms with Crippen molar-refractivity contribution in [2.45, 2.75) is 25.8 Å². The fraction of sp³-hybridized carbons (Fsp3) is 0.259. The molecule has 0 aromatic heterocycles. The van der Waals surface area contributed by atoms with Gasteiger partial charge in [0.1, 0.15) is 0 Å². The standard InChI is InChI=1S/C27H29N3O2/c1-19-9-4-5-10-22(19)26(31)28-21-16-14-20(15-17-21)27(32)30-18-8-13-24(29(2)3)23-11-6-7-12-25(23)30/h4-7,9-12,14-17,24H,8,13,18H2,1-3H3,(H,28,31)/t24-/m0/s1. The Balaban J connectivity index is 1.54. The number of nitrogens with zero attached hydrogens (tertiary/aromatic N) is 2. The quantitative estimate of drug-likeness (QED) is 0.615. The summed E-state index contributed by atoms with van der Waals surface area (Å²) in [5.74, 6) is -0.174. The maximum Gasteiger partial charge on any atom is 0.258 e. The van der Waals surface area contributed by atoms with Gasteiger partial charge in [-0.1, -0.05) is 36.4 Å². The maximum atomic E-state index is 13.4. The highest BCUT2D eigenvalue weighted by Crippen LogP contribution is 2.36. The molecule has 1 aliphatic heterocycles. The highest BCUT2D eigenvalue weighted by Gasteiger charge is 2.27. The molecule has 1 N–H and O–H groups in total. The molecule has 1 atom stereocenters. The van der Waals surface area contributed by atoms with Crippen LogP contribution >= 0.6 is 0 Å². The normalized spacial score (nSPS) is 15.8. The Bertz CT molecular complexity index is 1120. The van der Waals surface area contributed by atoms with Gasteiger partial charge in [0.25, 0.3) is 11.8 Å². The summed E-state index contributed by atoms with van der Waals surface area (Å²) in [6, 6.07) is 23.1. The second kappa shape index (κ2) is 9.37. The first-order valence-electron chi connectivity index (χ1n) is 11.0. The number of carbonyl (C=O) groups excluding carboxylic acids is 2. The number of hydrogen-bond donors (Lipinski definition) is 1. The summed E-state index contributed by atoms with van der Waals surface area (Å²) in [7, 11) is 4.17. The van der Waals surface area contributed by atoms with Crippen LogP contribution in [-0.2, 0) is 0 Å². The van der Waals surface area contributed by atoms with Crippen LogP contribution in [0.15, 0.2) is 72.8 Å². The van der Waals surface area contributed by atoms with Crippen molar-refractivity contribution in [3.8, 4) is 0 Å². The lowest BCUT2D eigenvalue weighted by atomic mass is 10.0. The number of nitrogens with one attached hydrogen (secondary N) is 1. The third kappa shape index (κ3) is 4.43. The topological polar surface area (TPSA) is 52.7 Å². The summed E-state index contributed by atoms with van der Waals surface area (Å²) in [6.45, 7) is 2.60. The third-order valence-corrected chi connectivity index (χ3v) is 6.09. The lowest BCUT2D eigenvalue weighted by molar-refractivity contribution is 0.0985. The zero-order chi connectivity index (χ0) is 22.7. The van der Waals surface area contributed by atoms with Crippen LogP contribution in [-0.4, -0.2) is 37.4 Å². The van der Waals surface area contributed by atoms with E-state index < -0.39 is 0 Å². The second-order valence-electron chi connectivity index (χ2n) is 8.48. The van der Waals surface area contributed by atoms with E-state index in [1.165, 1.54) is 5.56 Å². The molecule has 0 unspecified atom stereocenters. The van der Waals surface area contributed by atoms with E-state index >= 15 is 0 Å². The summed E-state index contributed by atoms with van der Waals surface area (Å²) in [4.78, 5) is 30.1. The minimum absolute atomic E-state index is 0.0198. The Labute approximate surface area is 189 Å². The average Bonchev–Trinajstić information content (AvgIpc) is 2.99. The van der Waals surface area contributed by atoms with Crippen LogP contribution in [0.3, 0.4) is 0 Å². The van der Waals surface area contributed by atoms with Gasteiger partial charge in [0.2, 0.25) is 0 Å². The van der Waals surface area contributed by atoms with Gasteiger partial charge in [0.15, 0.2) is 0 Å². The van der Waals surface area contributed by atoms with Gasteiger partial charge in [0.05, 0.1) is 0 Å². The summed E-state index contributed by atoms with van der Waals surface area (Å²) in [6.07, 6.45) is 1.95. The van der Waals surface area contributed by atoms with Crippen LogP contribution in [0, 0.1) is 6.92 Å². The fourth-order valence-electron chi connectivity index (χ4n) is 4.36. The van der Waals surface area contributed by atoms with E-state index in [9.17, 15) is 9.59 Å². The van der Waals surface area contributed by atoms with E-state index in [0.29, 0.717) is 29.4 Å². The van der Waals surface area contributed by atoms with E-state index in [0.717, 1.165) is 24.1 Å². The summed E-state index contributed by atoms with van der Waals surface area (Å²) < 4.78 is 0. The van der Waals surface area contributed by atoms with E-state index in [4.69, 9.17) is 0 Å². The Hall–Kier alpha value is -3.44. The number of benzene rings is 3. The first-order chi connectivity index (χ1) is 15.5. The molecule has 4 rings (SSSR count). The molecular formula is C27H29N3O2. The number of anilines is 2. The largest absolute Gasteiger partial charge is 0.322 e. The van der Waals surface area contributed by atoms with Gasteiger partial charge in [-0.15, -0.1) is 0 Å². The monoisotopic (exact) mass is 427 g/mol. The van der Waals surface area contributed by atoms with Crippen LogP contribution in [0.5, 0.6) is 0 Å². The van der Waals surface area contributed by atoms with Crippen molar-refractivity contribution in [3.05, 3.63) is 95.1 Å². The van der Waals surface area contributed by atoms with Crippen molar-refractivity contribution in [2.75, 3.05) is 30.9 Å². The summed E-state index contributed by atoms with van der Waals surface area (Å²) in [5.41, 5.74) is 5.00. The van der Waals surface area contributed by atoms with Crippen LogP contribution in [0.2, 0.25) is 0 Å². The minimum atomic E-state index is -0.154. The van der Waals surface area contributed by atoms with Crippen LogP contribution in [0.25, 0.3) is 0 Å². The van der Waals surface area contributed by atoms with Gasteiger partial charge in [-0.2, -0.15) is 0 Å². The number of amides is 2. The Morgan fingerprint density at radius 3 is 2.34 bits per heavy atom. The fourth-order valence-corrected chi connectivity index (χ4v) is 4.36. The van der Waals surface area contributed by atoms with Crippen molar-refractivity contribution in [1.82, 2.24) is 4.90 Å². The minimum Gasteiger partial charge on any atom is -0.322 e. The molecule has 3 aromatic carbocycles. The summed E-state index contributed by atoms with van der Waals surface area (Å²) in [5, 5.41) is 2.92. The second-order valence-corrected chi connectivity index (χ2v) is 8.48. The van der Waals surface area contributed by atoms with E-state index in [2.05, 4.69) is 30.4 Å². The van der Waals surface area contributed by atoms with Crippen LogP contribution in [0.4, 0.5) is 11.4 Å². The molecule has 0 fully saturated rings. The Morgan fingerprint density at radius 1 is 0.938 bits per heavy atom. The van der Waals surface area contributed by atoms with E-state index in [-0.39, 0.29) is 11.8 Å². The van der Waals surface area contributed by atoms with Gasteiger partial charge >= 0.3 is 0 Å². The SMILES string of the molecule is Cc1ccccc1C(=O)Nc1ccc(C(=O)N2CCC[C@H](N(C)C)c3ccccc32)cc1. The smallest absolute Gasteiger partial charge is 0.258 e. The highest BCUT2D eigenvalue weighted by molar-refractivity contribution is 6.08. The molecule has 5 heteroatoms. The molecule has 5 nitrogen and oxygen atoms in total. The van der Waals surface area contributed by atoms with Crippen molar-refractivity contribution >= 4 is 23.2 Å². The summed E-state index contributed by atoms with van der Waals surface area (Å²) >= 11 is 0. The molecule has 3 aromatic rings. The number of aryl methyl sites for hydroxylation is 1. The predicted molar refractivity (Wildman–Crippen MR) is 129 cm³/mol.